The Morgan fingerprint density at radius 2 is 2.00 bits per heavy atom. The summed E-state index contributed by atoms with van der Waals surface area (Å²) in [5, 5.41) is 0.517. The molecule has 0 spiro atoms. The van der Waals surface area contributed by atoms with Crippen LogP contribution in [0.5, 0.6) is 0 Å². The first kappa shape index (κ1) is 11.0. The lowest BCUT2D eigenvalue weighted by Crippen LogP contribution is -1.86. The molecule has 0 aliphatic carbocycles. The molecule has 5 heteroatoms. The van der Waals surface area contributed by atoms with Gasteiger partial charge in [-0.05, 0) is 12.1 Å². The van der Waals surface area contributed by atoms with Gasteiger partial charge in [-0.15, -0.1) is 0 Å². The van der Waals surface area contributed by atoms with Crippen molar-refractivity contribution in [2.75, 3.05) is 5.73 Å². The Morgan fingerprint density at radius 3 is 2.78 bits per heavy atom. The number of nitrogen functional groups attached to an aromatic ring is 1. The molecule has 3 nitrogen and oxygen atoms in total. The van der Waals surface area contributed by atoms with E-state index in [1.54, 1.807) is 12.1 Å². The predicted octanol–water partition coefficient (Wildman–Crippen LogP) is 3.87. The number of benzene rings is 2. The highest BCUT2D eigenvalue weighted by atomic mass is 35.5. The molecule has 1 heterocycles. The van der Waals surface area contributed by atoms with E-state index in [2.05, 4.69) is 4.98 Å². The zero-order chi connectivity index (χ0) is 12.7. The van der Waals surface area contributed by atoms with E-state index in [9.17, 15) is 4.39 Å². The van der Waals surface area contributed by atoms with Crippen molar-refractivity contribution in [2.24, 2.45) is 0 Å². The van der Waals surface area contributed by atoms with Gasteiger partial charge in [0.1, 0.15) is 11.3 Å². The monoisotopic (exact) mass is 262 g/mol. The Bertz CT molecular complexity index is 739. The van der Waals surface area contributed by atoms with Gasteiger partial charge in [0.05, 0.1) is 16.3 Å². The summed E-state index contributed by atoms with van der Waals surface area (Å²) < 4.78 is 18.7. The van der Waals surface area contributed by atoms with E-state index in [0.717, 1.165) is 0 Å². The number of nitrogens with two attached hydrogens (primary N) is 1. The Morgan fingerprint density at radius 1 is 1.22 bits per heavy atom. The number of rotatable bonds is 1. The number of fused-ring (bicyclic) bond motifs is 1. The van der Waals surface area contributed by atoms with E-state index in [0.29, 0.717) is 27.6 Å². The first-order chi connectivity index (χ1) is 8.65. The molecule has 0 atom stereocenters. The van der Waals surface area contributed by atoms with Crippen LogP contribution < -0.4 is 5.73 Å². The topological polar surface area (TPSA) is 52.0 Å². The van der Waals surface area contributed by atoms with Crippen LogP contribution in [0.25, 0.3) is 22.6 Å². The van der Waals surface area contributed by atoms with Crippen molar-refractivity contribution >= 4 is 28.4 Å². The number of nitrogens with zero attached hydrogens (tertiary/aromatic N) is 1. The molecule has 0 saturated carbocycles. The van der Waals surface area contributed by atoms with Gasteiger partial charge < -0.3 is 10.2 Å². The zero-order valence-electron chi connectivity index (χ0n) is 9.15. The molecule has 18 heavy (non-hydrogen) atoms. The van der Waals surface area contributed by atoms with Gasteiger partial charge in [-0.1, -0.05) is 23.7 Å². The molecule has 0 saturated heterocycles. The van der Waals surface area contributed by atoms with Gasteiger partial charge in [0.2, 0.25) is 5.89 Å². The molecule has 0 aliphatic heterocycles. The van der Waals surface area contributed by atoms with Gasteiger partial charge in [0, 0.05) is 12.1 Å². The van der Waals surface area contributed by atoms with E-state index in [-0.39, 0.29) is 5.69 Å². The lowest BCUT2D eigenvalue weighted by Gasteiger charge is -1.97. The Kier molecular flexibility index (Phi) is 2.45. The van der Waals surface area contributed by atoms with E-state index in [1.807, 2.05) is 12.1 Å². The third kappa shape index (κ3) is 1.71. The Balaban J connectivity index is 2.26. The first-order valence-corrected chi connectivity index (χ1v) is 5.63. The zero-order valence-corrected chi connectivity index (χ0v) is 9.91. The summed E-state index contributed by atoms with van der Waals surface area (Å²) >= 11 is 6.05. The van der Waals surface area contributed by atoms with Crippen molar-refractivity contribution in [2.45, 2.75) is 0 Å². The fraction of sp³-hybridized carbons (Fsp3) is 0. The molecule has 0 amide bonds. The maximum absolute atomic E-state index is 13.2. The highest BCUT2D eigenvalue weighted by Gasteiger charge is 2.13. The molecule has 0 aliphatic rings. The van der Waals surface area contributed by atoms with Crippen molar-refractivity contribution < 1.29 is 8.81 Å². The van der Waals surface area contributed by atoms with Gasteiger partial charge in [-0.3, -0.25) is 0 Å². The summed E-state index contributed by atoms with van der Waals surface area (Å²) in [5.41, 5.74) is 7.29. The normalized spacial score (nSPS) is 11.0. The van der Waals surface area contributed by atoms with Crippen LogP contribution in [0.3, 0.4) is 0 Å². The van der Waals surface area contributed by atoms with E-state index < -0.39 is 5.82 Å². The average Bonchev–Trinajstić information content (AvgIpc) is 2.73. The molecular formula is C13H8ClFN2O. The first-order valence-electron chi connectivity index (χ1n) is 5.25. The molecule has 0 unspecified atom stereocenters. The average molecular weight is 263 g/mol. The highest BCUT2D eigenvalue weighted by molar-refractivity contribution is 6.33. The van der Waals surface area contributed by atoms with Crippen LogP contribution in [0, 0.1) is 5.82 Å². The third-order valence-electron chi connectivity index (χ3n) is 2.59. The quantitative estimate of drug-likeness (QED) is 0.677. The highest BCUT2D eigenvalue weighted by Crippen LogP contribution is 2.32. The van der Waals surface area contributed by atoms with Crippen LogP contribution >= 0.6 is 11.6 Å². The summed E-state index contributed by atoms with van der Waals surface area (Å²) in [6.07, 6.45) is 0. The Hall–Kier alpha value is -2.07. The van der Waals surface area contributed by atoms with Crippen LogP contribution in [-0.2, 0) is 0 Å². The number of aromatic nitrogens is 1. The van der Waals surface area contributed by atoms with Crippen molar-refractivity contribution in [1.29, 1.82) is 0 Å². The minimum atomic E-state index is -0.445. The van der Waals surface area contributed by atoms with Crippen LogP contribution in [0.1, 0.15) is 0 Å². The molecule has 2 aromatic carbocycles. The van der Waals surface area contributed by atoms with Crippen LogP contribution in [0.15, 0.2) is 40.8 Å². The molecule has 0 bridgehead atoms. The second-order valence-corrected chi connectivity index (χ2v) is 4.25. The maximum Gasteiger partial charge on any atom is 0.228 e. The number of hydrogen-bond donors (Lipinski definition) is 1. The summed E-state index contributed by atoms with van der Waals surface area (Å²) in [6, 6.07) is 9.61. The summed E-state index contributed by atoms with van der Waals surface area (Å²) in [7, 11) is 0. The standard InChI is InChI=1S/C13H8ClFN2O/c14-9-4-2-1-3-8(9)13-17-11-6-7(15)5-10(16)12(11)18-13/h1-6H,16H2. The molecule has 3 rings (SSSR count). The molecule has 0 radical (unpaired) electrons. The smallest absolute Gasteiger partial charge is 0.228 e. The summed E-state index contributed by atoms with van der Waals surface area (Å²) in [5.74, 6) is -0.119. The lowest BCUT2D eigenvalue weighted by molar-refractivity contribution is 0.616. The second kappa shape index (κ2) is 3.99. The minimum Gasteiger partial charge on any atom is -0.434 e. The van der Waals surface area contributed by atoms with Crippen molar-refractivity contribution in [3.8, 4) is 11.5 Å². The van der Waals surface area contributed by atoms with Crippen molar-refractivity contribution in [3.63, 3.8) is 0 Å². The summed E-state index contributed by atoms with van der Waals surface area (Å²) in [4.78, 5) is 4.19. The maximum atomic E-state index is 13.2. The number of oxazole rings is 1. The number of halogens is 2. The van der Waals surface area contributed by atoms with E-state index in [4.69, 9.17) is 21.8 Å². The SMILES string of the molecule is Nc1cc(F)cc2nc(-c3ccccc3Cl)oc12. The van der Waals surface area contributed by atoms with Gasteiger partial charge in [0.25, 0.3) is 0 Å². The molecule has 1 aromatic heterocycles. The van der Waals surface area contributed by atoms with Crippen molar-refractivity contribution in [1.82, 2.24) is 4.98 Å². The van der Waals surface area contributed by atoms with E-state index >= 15 is 0 Å². The van der Waals surface area contributed by atoms with Crippen LogP contribution in [0.4, 0.5) is 10.1 Å². The molecule has 3 aromatic rings. The number of anilines is 1. The van der Waals surface area contributed by atoms with Gasteiger partial charge >= 0.3 is 0 Å². The molecular weight excluding hydrogens is 255 g/mol. The van der Waals surface area contributed by atoms with Crippen LogP contribution in [0.2, 0.25) is 5.02 Å². The molecule has 2 N–H and O–H groups in total. The predicted molar refractivity (Wildman–Crippen MR) is 68.8 cm³/mol. The fourth-order valence-corrected chi connectivity index (χ4v) is 1.99. The summed E-state index contributed by atoms with van der Waals surface area (Å²) in [6.45, 7) is 0. The van der Waals surface area contributed by atoms with Crippen LogP contribution in [-0.4, -0.2) is 4.98 Å². The third-order valence-corrected chi connectivity index (χ3v) is 2.92. The lowest BCUT2D eigenvalue weighted by atomic mass is 10.2. The molecule has 0 fully saturated rings. The Labute approximate surface area is 107 Å². The largest absolute Gasteiger partial charge is 0.434 e. The fourth-order valence-electron chi connectivity index (χ4n) is 1.77. The minimum absolute atomic E-state index is 0.218. The number of hydrogen-bond acceptors (Lipinski definition) is 3. The van der Waals surface area contributed by atoms with Gasteiger partial charge in [-0.25, -0.2) is 9.37 Å². The molecule has 90 valence electrons. The van der Waals surface area contributed by atoms with Crippen molar-refractivity contribution in [3.05, 3.63) is 47.2 Å². The van der Waals surface area contributed by atoms with E-state index in [1.165, 1.54) is 12.1 Å². The van der Waals surface area contributed by atoms with Gasteiger partial charge in [-0.2, -0.15) is 0 Å². The van der Waals surface area contributed by atoms with Gasteiger partial charge in [0.15, 0.2) is 5.58 Å². The second-order valence-electron chi connectivity index (χ2n) is 3.84.